The van der Waals surface area contributed by atoms with Crippen LogP contribution in [0.3, 0.4) is 0 Å². The molecule has 1 fully saturated rings. The van der Waals surface area contributed by atoms with E-state index in [0.29, 0.717) is 19.1 Å². The van der Waals surface area contributed by atoms with Crippen molar-refractivity contribution in [3.05, 3.63) is 0 Å². The minimum atomic E-state index is -0.960. The smallest absolute Gasteiger partial charge is 0.151 e. The molecule has 0 aromatic carbocycles. The molecule has 1 saturated carbocycles. The fraction of sp³-hybridized carbons (Fsp3) is 0.909. The van der Waals surface area contributed by atoms with Gasteiger partial charge in [0.1, 0.15) is 5.60 Å². The number of hydrogen-bond acceptors (Lipinski definition) is 6. The lowest BCUT2D eigenvalue weighted by molar-refractivity contribution is -0.126. The molecule has 0 amide bonds. The van der Waals surface area contributed by atoms with E-state index < -0.39 is 5.60 Å². The van der Waals surface area contributed by atoms with Crippen LogP contribution < -0.4 is 0 Å². The van der Waals surface area contributed by atoms with Crippen LogP contribution in [-0.4, -0.2) is 63.8 Å². The van der Waals surface area contributed by atoms with Gasteiger partial charge >= 0.3 is 0 Å². The first-order chi connectivity index (χ1) is 8.10. The SMILES string of the molecule is O=CC1(O)CCCCC1.OCCO.OCCO. The third-order valence-corrected chi connectivity index (χ3v) is 2.14. The van der Waals surface area contributed by atoms with Gasteiger partial charge in [0, 0.05) is 0 Å². The van der Waals surface area contributed by atoms with E-state index >= 15 is 0 Å². The van der Waals surface area contributed by atoms with E-state index in [0.717, 1.165) is 19.3 Å². The molecule has 0 aromatic heterocycles. The zero-order valence-electron chi connectivity index (χ0n) is 10.1. The molecule has 6 heteroatoms. The standard InChI is InChI=1S/C7H12O2.2C2H6O2/c8-6-7(9)4-2-1-3-5-7;2*3-1-2-4/h6,9H,1-5H2;2*3-4H,1-2H2. The maximum atomic E-state index is 10.2. The Balaban J connectivity index is 0. The minimum Gasteiger partial charge on any atom is -0.394 e. The van der Waals surface area contributed by atoms with Crippen molar-refractivity contribution < 1.29 is 30.3 Å². The van der Waals surface area contributed by atoms with Crippen LogP contribution in [0.2, 0.25) is 0 Å². The summed E-state index contributed by atoms with van der Waals surface area (Å²) >= 11 is 0. The number of aliphatic hydroxyl groups is 5. The number of carbonyl (C=O) groups is 1. The summed E-state index contributed by atoms with van der Waals surface area (Å²) in [7, 11) is 0. The van der Waals surface area contributed by atoms with Crippen molar-refractivity contribution in [2.75, 3.05) is 26.4 Å². The number of aliphatic hydroxyl groups excluding tert-OH is 4. The van der Waals surface area contributed by atoms with Gasteiger partial charge in [-0.1, -0.05) is 19.3 Å². The van der Waals surface area contributed by atoms with E-state index in [-0.39, 0.29) is 26.4 Å². The molecule has 17 heavy (non-hydrogen) atoms. The Kier molecular flexibility index (Phi) is 15.0. The van der Waals surface area contributed by atoms with Crippen molar-refractivity contribution in [2.24, 2.45) is 0 Å². The molecule has 5 N–H and O–H groups in total. The number of rotatable bonds is 3. The first-order valence-corrected chi connectivity index (χ1v) is 5.72. The second-order valence-corrected chi connectivity index (χ2v) is 3.68. The molecule has 6 nitrogen and oxygen atoms in total. The monoisotopic (exact) mass is 252 g/mol. The number of carbonyl (C=O) groups excluding carboxylic acids is 1. The van der Waals surface area contributed by atoms with Gasteiger partial charge in [-0.3, -0.25) is 0 Å². The summed E-state index contributed by atoms with van der Waals surface area (Å²) < 4.78 is 0. The topological polar surface area (TPSA) is 118 Å². The van der Waals surface area contributed by atoms with Crippen LogP contribution in [-0.2, 0) is 4.79 Å². The van der Waals surface area contributed by atoms with E-state index in [1.807, 2.05) is 0 Å². The predicted octanol–water partition coefficient (Wildman–Crippen LogP) is -1.18. The van der Waals surface area contributed by atoms with E-state index in [9.17, 15) is 9.90 Å². The van der Waals surface area contributed by atoms with E-state index in [1.54, 1.807) is 0 Å². The predicted molar refractivity (Wildman–Crippen MR) is 62.4 cm³/mol. The maximum Gasteiger partial charge on any atom is 0.151 e. The van der Waals surface area contributed by atoms with Crippen LogP contribution in [0.5, 0.6) is 0 Å². The highest BCUT2D eigenvalue weighted by molar-refractivity contribution is 5.61. The van der Waals surface area contributed by atoms with E-state index in [4.69, 9.17) is 20.4 Å². The largest absolute Gasteiger partial charge is 0.394 e. The average Bonchev–Trinajstić information content (AvgIpc) is 2.40. The van der Waals surface area contributed by atoms with Crippen molar-refractivity contribution in [1.29, 1.82) is 0 Å². The van der Waals surface area contributed by atoms with Gasteiger partial charge < -0.3 is 30.3 Å². The van der Waals surface area contributed by atoms with Crippen LogP contribution in [0.4, 0.5) is 0 Å². The lowest BCUT2D eigenvalue weighted by Crippen LogP contribution is -2.32. The fourth-order valence-corrected chi connectivity index (χ4v) is 1.28. The summed E-state index contributed by atoms with van der Waals surface area (Å²) in [6, 6.07) is 0. The second-order valence-electron chi connectivity index (χ2n) is 3.68. The Morgan fingerprint density at radius 2 is 1.18 bits per heavy atom. The van der Waals surface area contributed by atoms with Crippen molar-refractivity contribution in [1.82, 2.24) is 0 Å². The molecule has 0 aliphatic heterocycles. The van der Waals surface area contributed by atoms with Crippen molar-refractivity contribution in [2.45, 2.75) is 37.7 Å². The van der Waals surface area contributed by atoms with E-state index in [1.165, 1.54) is 0 Å². The molecular formula is C11H24O6. The molecule has 0 saturated heterocycles. The van der Waals surface area contributed by atoms with Gasteiger partial charge in [-0.25, -0.2) is 0 Å². The first-order valence-electron chi connectivity index (χ1n) is 5.72. The lowest BCUT2D eigenvalue weighted by atomic mass is 9.86. The lowest BCUT2D eigenvalue weighted by Gasteiger charge is -2.25. The molecule has 0 aromatic rings. The Morgan fingerprint density at radius 3 is 1.35 bits per heavy atom. The molecule has 1 rings (SSSR count). The van der Waals surface area contributed by atoms with E-state index in [2.05, 4.69) is 0 Å². The molecule has 0 heterocycles. The van der Waals surface area contributed by atoms with Crippen LogP contribution in [0, 0.1) is 0 Å². The van der Waals surface area contributed by atoms with Gasteiger partial charge in [0.2, 0.25) is 0 Å². The first kappa shape index (κ1) is 18.8. The van der Waals surface area contributed by atoms with Gasteiger partial charge in [-0.05, 0) is 12.8 Å². The fourth-order valence-electron chi connectivity index (χ4n) is 1.28. The average molecular weight is 252 g/mol. The molecule has 1 aliphatic rings. The van der Waals surface area contributed by atoms with Gasteiger partial charge in [0.15, 0.2) is 6.29 Å². The molecule has 1 aliphatic carbocycles. The quantitative estimate of drug-likeness (QED) is 0.404. The normalized spacial score (nSPS) is 17.0. The summed E-state index contributed by atoms with van der Waals surface area (Å²) in [6.45, 7) is -0.500. The van der Waals surface area contributed by atoms with Crippen LogP contribution in [0.1, 0.15) is 32.1 Å². The van der Waals surface area contributed by atoms with Crippen LogP contribution >= 0.6 is 0 Å². The van der Waals surface area contributed by atoms with Gasteiger partial charge in [-0.2, -0.15) is 0 Å². The number of hydrogen-bond donors (Lipinski definition) is 5. The molecule has 0 spiro atoms. The second kappa shape index (κ2) is 13.5. The molecule has 0 unspecified atom stereocenters. The molecule has 0 bridgehead atoms. The maximum absolute atomic E-state index is 10.2. The number of aldehydes is 1. The van der Waals surface area contributed by atoms with Crippen molar-refractivity contribution >= 4 is 6.29 Å². The highest BCUT2D eigenvalue weighted by atomic mass is 16.3. The van der Waals surface area contributed by atoms with Gasteiger partial charge in [-0.15, -0.1) is 0 Å². The van der Waals surface area contributed by atoms with Gasteiger partial charge in [0.25, 0.3) is 0 Å². The van der Waals surface area contributed by atoms with Crippen LogP contribution in [0.15, 0.2) is 0 Å². The molecule has 0 atom stereocenters. The minimum absolute atomic E-state index is 0.125. The van der Waals surface area contributed by atoms with Crippen molar-refractivity contribution in [3.8, 4) is 0 Å². The van der Waals surface area contributed by atoms with Gasteiger partial charge in [0.05, 0.1) is 26.4 Å². The zero-order valence-corrected chi connectivity index (χ0v) is 10.1. The third-order valence-electron chi connectivity index (χ3n) is 2.14. The Labute approximate surface area is 102 Å². The summed E-state index contributed by atoms with van der Waals surface area (Å²) in [5.74, 6) is 0. The zero-order chi connectivity index (χ0) is 13.6. The molecule has 0 radical (unpaired) electrons. The Morgan fingerprint density at radius 1 is 0.824 bits per heavy atom. The molecular weight excluding hydrogens is 228 g/mol. The Bertz CT molecular complexity index is 148. The summed E-state index contributed by atoms with van der Waals surface area (Å²) in [6.07, 6.45) is 5.17. The van der Waals surface area contributed by atoms with Crippen LogP contribution in [0.25, 0.3) is 0 Å². The third kappa shape index (κ3) is 13.4. The molecule has 104 valence electrons. The summed E-state index contributed by atoms with van der Waals surface area (Å²) in [5, 5.41) is 39.8. The Hall–Kier alpha value is -0.530. The van der Waals surface area contributed by atoms with Crippen molar-refractivity contribution in [3.63, 3.8) is 0 Å². The summed E-state index contributed by atoms with van der Waals surface area (Å²) in [5.41, 5.74) is -0.960. The highest BCUT2D eigenvalue weighted by Crippen LogP contribution is 2.25. The highest BCUT2D eigenvalue weighted by Gasteiger charge is 2.27. The summed E-state index contributed by atoms with van der Waals surface area (Å²) in [4.78, 5) is 10.2.